The minimum absolute atomic E-state index is 0.00204. The molecule has 10 aromatic heterocycles. The molecule has 0 unspecified atom stereocenters. The Morgan fingerprint density at radius 2 is 0.885 bits per heavy atom. The van der Waals surface area contributed by atoms with Crippen LogP contribution in [0.3, 0.4) is 0 Å². The first-order valence-electron chi connectivity index (χ1n) is 43.3. The molecule has 14 aromatic rings. The van der Waals surface area contributed by atoms with Gasteiger partial charge in [0.1, 0.15) is 71.5 Å². The number of carbonyl (C=O) groups is 5. The summed E-state index contributed by atoms with van der Waals surface area (Å²) in [5.74, 6) is 7.92. The Hall–Kier alpha value is -16.0. The van der Waals surface area contributed by atoms with E-state index in [0.717, 1.165) is 140 Å². The number of nitrogens with zero attached hydrogens (tertiary/aromatic N) is 21. The summed E-state index contributed by atoms with van der Waals surface area (Å²) in [5.41, 5.74) is 12.0. The first-order chi connectivity index (χ1) is 63.8. The molecule has 9 aliphatic rings. The fourth-order valence-corrected chi connectivity index (χ4v) is 16.4. The molecule has 4 aromatic carbocycles. The minimum atomic E-state index is -0.123. The number of rotatable bonds is 21. The van der Waals surface area contributed by atoms with Crippen LogP contribution in [0, 0.1) is 17.8 Å². The summed E-state index contributed by atoms with van der Waals surface area (Å²) in [6.07, 6.45) is 14.3. The van der Waals surface area contributed by atoms with E-state index in [2.05, 4.69) is 115 Å². The van der Waals surface area contributed by atoms with Crippen molar-refractivity contribution < 1.29 is 57.1 Å². The number of hydrogen-bond donors (Lipinski definition) is 8. The lowest BCUT2D eigenvalue weighted by atomic mass is 10.1. The van der Waals surface area contributed by atoms with Gasteiger partial charge in [0.15, 0.2) is 63.2 Å². The number of amides is 5. The number of fused-ring (bicyclic) bond motifs is 11. The molecule has 5 amide bonds. The topological polar surface area (TPSA) is 450 Å². The van der Waals surface area contributed by atoms with Crippen LogP contribution < -0.4 is 75.7 Å². The number of nitrogens with one attached hydrogen (secondary N) is 8. The van der Waals surface area contributed by atoms with Gasteiger partial charge >= 0.3 is 0 Å². The van der Waals surface area contributed by atoms with Crippen molar-refractivity contribution in [1.82, 2.24) is 103 Å². The Morgan fingerprint density at radius 3 is 1.31 bits per heavy atom. The fraction of sp³-hybridized carbons (Fsp3) is 0.333. The minimum Gasteiger partial charge on any atom is -0.494 e. The highest BCUT2D eigenvalue weighted by Gasteiger charge is 2.38. The van der Waals surface area contributed by atoms with Gasteiger partial charge in [-0.25, -0.2) is 48.9 Å². The third-order valence-electron chi connectivity index (χ3n) is 23.3. The van der Waals surface area contributed by atoms with Crippen molar-refractivity contribution in [1.29, 1.82) is 0 Å². The SMILES string of the molecule is C=C1COc2c(nc3c(c2Nc2cccc(-c4ncn(C)n4)c2OC)C(=O)N(C)C3)N1.COc1c(Nc2cc(NC(=O)C3CC3)nc3nn4c(c23)OCC4)cccc1-c1ncn(C)n1.COc1c(Nc2cc(NC(=O)C3CC3)nc3nn4c(c23)OCCC4)cccc1-c1ncn(C)n1.O=C(Nc1cc(Nc2ccc(C(=O)N3CCCC3)cc2)c2c3n(nc2n1)CCCO3)C1CC1. The van der Waals surface area contributed by atoms with Crippen molar-refractivity contribution in [3.8, 4) is 74.8 Å². The predicted molar refractivity (Wildman–Crippen MR) is 484 cm³/mol. The van der Waals surface area contributed by atoms with E-state index in [0.29, 0.717) is 182 Å². The number of anilines is 12. The molecule has 6 aliphatic heterocycles. The van der Waals surface area contributed by atoms with E-state index in [-0.39, 0.29) is 53.9 Å². The zero-order valence-corrected chi connectivity index (χ0v) is 72.8. The molecule has 131 heavy (non-hydrogen) atoms. The summed E-state index contributed by atoms with van der Waals surface area (Å²) >= 11 is 0. The normalized spacial score (nSPS) is 15.5. The van der Waals surface area contributed by atoms with Gasteiger partial charge in [0.25, 0.3) is 11.8 Å². The van der Waals surface area contributed by atoms with Gasteiger partial charge in [0, 0.05) is 120 Å². The predicted octanol–water partition coefficient (Wildman–Crippen LogP) is 11.9. The first kappa shape index (κ1) is 83.2. The van der Waals surface area contributed by atoms with E-state index in [4.69, 9.17) is 33.2 Å². The van der Waals surface area contributed by atoms with Crippen LogP contribution in [0.25, 0.3) is 67.3 Å². The highest BCUT2D eigenvalue weighted by molar-refractivity contribution is 6.08. The highest BCUT2D eigenvalue weighted by atomic mass is 16.5. The van der Waals surface area contributed by atoms with Crippen LogP contribution in [0.4, 0.5) is 68.8 Å². The van der Waals surface area contributed by atoms with Crippen molar-refractivity contribution in [2.24, 2.45) is 38.9 Å². The van der Waals surface area contributed by atoms with Gasteiger partial charge in [-0.05, 0) is 112 Å². The zero-order valence-electron chi connectivity index (χ0n) is 72.8. The summed E-state index contributed by atoms with van der Waals surface area (Å²) in [6.45, 7) is 10.2. The first-order valence-corrected chi connectivity index (χ1v) is 43.3. The van der Waals surface area contributed by atoms with E-state index >= 15 is 0 Å². The molecule has 41 nitrogen and oxygen atoms in total. The van der Waals surface area contributed by atoms with Crippen molar-refractivity contribution in [2.45, 2.75) is 90.4 Å². The molecule has 0 bridgehead atoms. The van der Waals surface area contributed by atoms with Gasteiger partial charge in [0.05, 0.1) is 110 Å². The number of hydrogen-bond acceptors (Lipinski definition) is 30. The van der Waals surface area contributed by atoms with Crippen LogP contribution in [0.2, 0.25) is 0 Å². The molecule has 4 fully saturated rings. The largest absolute Gasteiger partial charge is 0.494 e. The second kappa shape index (κ2) is 35.0. The highest BCUT2D eigenvalue weighted by Crippen LogP contribution is 2.49. The molecule has 8 N–H and O–H groups in total. The lowest BCUT2D eigenvalue weighted by Crippen LogP contribution is -2.27. The maximum absolute atomic E-state index is 12.9. The standard InChI is InChI=1S/C24H26N6O3.C23H24N8O3.C22H22N8O3.C21H21N7O3/c31-22(15-4-5-15)27-19-14-18(20-21(26-19)28-30-12-3-13-33-24(20)30)25-17-8-6-16(7-9-17)23(32)29-10-1-2-11-29;1-30-12-24-20(28-30)14-5-3-6-15(19(14)33-2)25-16-11-17(27-22(32)13-7-8-13)26-21-18(16)23-31(29-21)9-4-10-34-23;1-29-11-23-19(27-29)13-4-3-5-14(18(13)32-2)24-15-10-16(26-21(31)12-6-7-12)25-20-17(15)22-30(28-20)8-9-33-22;1-11-9-31-18-16(15-14(25-20(18)23-11)8-27(2)21(15)29)24-13-7-5-6-12(17(13)30-4)19-22-10-28(3)26-19/h6-9,14-15,25H,1-5,10-13H2,(H,26,27,28,31);3,5-6,11-13,25H,4,7-10H2,1-2H3,(H,26,27,29,32);3-5,10-12,24H,6-9H2,1-2H3,(H,25,26,28,31);5-7,10H,1,8-9H2,2-4H3,(H2,23,24,25). The van der Waals surface area contributed by atoms with E-state index < -0.39 is 0 Å². The number of aromatic nitrogens is 19. The van der Waals surface area contributed by atoms with Crippen LogP contribution in [0.5, 0.6) is 40.6 Å². The summed E-state index contributed by atoms with van der Waals surface area (Å²) < 4.78 is 51.2. The average Bonchev–Trinajstić information content (AvgIpc) is 1.65. The number of aryl methyl sites for hydroxylation is 5. The number of carbonyl (C=O) groups excluding carboxylic acids is 5. The van der Waals surface area contributed by atoms with Crippen LogP contribution in [0.1, 0.15) is 90.6 Å². The van der Waals surface area contributed by atoms with E-state index in [1.165, 1.54) is 0 Å². The van der Waals surface area contributed by atoms with Gasteiger partial charge in [-0.15, -0.1) is 15.3 Å². The van der Waals surface area contributed by atoms with Crippen molar-refractivity contribution in [3.05, 3.63) is 145 Å². The van der Waals surface area contributed by atoms with E-state index in [1.807, 2.05) is 119 Å². The number of benzene rings is 4. The molecule has 0 spiro atoms. The molecule has 3 saturated carbocycles. The third-order valence-corrected chi connectivity index (χ3v) is 23.3. The molecule has 0 atom stereocenters. The molecule has 41 heteroatoms. The summed E-state index contributed by atoms with van der Waals surface area (Å²) in [7, 11) is 12.0. The van der Waals surface area contributed by atoms with Crippen molar-refractivity contribution in [3.63, 3.8) is 0 Å². The molecular formula is C90H93N29O12. The van der Waals surface area contributed by atoms with Gasteiger partial charge in [-0.1, -0.05) is 24.8 Å². The molecular weight excluding hydrogens is 1680 g/mol. The Kier molecular flexibility index (Phi) is 22.2. The summed E-state index contributed by atoms with van der Waals surface area (Å²) in [6, 6.07) is 30.0. The number of methoxy groups -OCH3 is 3. The molecule has 23 rings (SSSR count). The number of ether oxygens (including phenoxy) is 7. The van der Waals surface area contributed by atoms with E-state index in [9.17, 15) is 24.0 Å². The zero-order chi connectivity index (χ0) is 89.8. The lowest BCUT2D eigenvalue weighted by Gasteiger charge is -2.25. The van der Waals surface area contributed by atoms with E-state index in [1.54, 1.807) is 84.1 Å². The monoisotopic (exact) mass is 1770 g/mol. The Bertz CT molecular complexity index is 6870. The van der Waals surface area contributed by atoms with Gasteiger partial charge in [-0.3, -0.25) is 38.0 Å². The second-order valence-electron chi connectivity index (χ2n) is 33.0. The maximum atomic E-state index is 12.9. The van der Waals surface area contributed by atoms with Gasteiger partial charge in [0.2, 0.25) is 35.4 Å². The smallest absolute Gasteiger partial charge is 0.258 e. The van der Waals surface area contributed by atoms with Crippen molar-refractivity contribution >= 4 is 131 Å². The Balaban J connectivity index is 0.000000109. The van der Waals surface area contributed by atoms with Crippen LogP contribution in [0.15, 0.2) is 128 Å². The molecule has 1 saturated heterocycles. The fourth-order valence-electron chi connectivity index (χ4n) is 16.4. The average molecular weight is 1770 g/mol. The summed E-state index contributed by atoms with van der Waals surface area (Å²) in [4.78, 5) is 97.6. The van der Waals surface area contributed by atoms with Crippen LogP contribution >= 0.6 is 0 Å². The van der Waals surface area contributed by atoms with Crippen LogP contribution in [-0.4, -0.2) is 201 Å². The van der Waals surface area contributed by atoms with Gasteiger partial charge in [-0.2, -0.15) is 15.3 Å². The lowest BCUT2D eigenvalue weighted by molar-refractivity contribution is -0.118. The summed E-state index contributed by atoms with van der Waals surface area (Å²) in [5, 5.41) is 54.9. The maximum Gasteiger partial charge on any atom is 0.258 e. The number of likely N-dealkylation sites (tertiary alicyclic amines) is 1. The molecule has 3 aliphatic carbocycles. The quantitative estimate of drug-likeness (QED) is 0.0331. The number of para-hydroxylation sites is 3. The second-order valence-corrected chi connectivity index (χ2v) is 33.0. The Labute approximate surface area is 748 Å². The number of pyridine rings is 4. The third kappa shape index (κ3) is 17.0. The van der Waals surface area contributed by atoms with Gasteiger partial charge < -0.3 is 85.5 Å². The molecule has 670 valence electrons. The van der Waals surface area contributed by atoms with Crippen LogP contribution in [-0.2, 0) is 61.7 Å². The Morgan fingerprint density at radius 1 is 0.466 bits per heavy atom. The molecule has 0 radical (unpaired) electrons. The molecule has 16 heterocycles. The van der Waals surface area contributed by atoms with Crippen molar-refractivity contribution in [2.75, 3.05) is 110 Å².